The van der Waals surface area contributed by atoms with E-state index in [1.807, 2.05) is 18.2 Å². The SMILES string of the molecule is O=[11C](Nc1ccccc1)Nc1ccc(O)cc1. The molecule has 2 rings (SSSR count). The predicted octanol–water partition coefficient (Wildman–Crippen LogP) is 3.04. The van der Waals surface area contributed by atoms with Gasteiger partial charge in [-0.1, -0.05) is 18.2 Å². The number of para-hydroxylation sites is 1. The fourth-order valence-corrected chi connectivity index (χ4v) is 1.36. The van der Waals surface area contributed by atoms with Crippen molar-refractivity contribution in [2.24, 2.45) is 0 Å². The molecule has 0 aliphatic carbocycles. The molecule has 86 valence electrons. The average Bonchev–Trinajstić information content (AvgIpc) is 2.33. The zero-order chi connectivity index (χ0) is 12.1. The van der Waals surface area contributed by atoms with E-state index in [0.29, 0.717) is 5.69 Å². The van der Waals surface area contributed by atoms with Crippen LogP contribution in [0.1, 0.15) is 0 Å². The summed E-state index contributed by atoms with van der Waals surface area (Å²) >= 11 is 0. The molecule has 2 aromatic carbocycles. The standard InChI is InChI=1S/C13H12N2O2/c16-12-8-6-11(7-9-12)15-13(17)14-10-4-2-1-3-5-10/h1-9,16H,(H2,14,15,17)/i13-1. The molecule has 0 aromatic heterocycles. The number of carbonyl (C=O) groups excluding carboxylic acids is 1. The summed E-state index contributed by atoms with van der Waals surface area (Å²) in [6.45, 7) is 0. The van der Waals surface area contributed by atoms with Gasteiger partial charge in [0.1, 0.15) is 5.75 Å². The van der Waals surface area contributed by atoms with Crippen LogP contribution in [-0.2, 0) is 0 Å². The van der Waals surface area contributed by atoms with E-state index in [0.717, 1.165) is 5.69 Å². The number of benzene rings is 2. The van der Waals surface area contributed by atoms with Gasteiger partial charge in [-0.2, -0.15) is 0 Å². The maximum Gasteiger partial charge on any atom is 0.323 e. The lowest BCUT2D eigenvalue weighted by atomic mass is 10.2. The molecule has 0 aliphatic rings. The molecular formula is C13H12N2O2. The number of urea groups is 1. The maximum absolute atomic E-state index is 11.6. The Labute approximate surface area is 98.9 Å². The van der Waals surface area contributed by atoms with E-state index in [1.54, 1.807) is 24.3 Å². The highest BCUT2D eigenvalue weighted by Crippen LogP contribution is 2.14. The first-order valence-electron chi connectivity index (χ1n) is 5.16. The molecule has 0 heterocycles. The molecule has 0 bridgehead atoms. The van der Waals surface area contributed by atoms with Crippen molar-refractivity contribution in [1.29, 1.82) is 0 Å². The van der Waals surface area contributed by atoms with Crippen molar-refractivity contribution in [3.05, 3.63) is 54.6 Å². The lowest BCUT2D eigenvalue weighted by molar-refractivity contribution is 0.262. The molecule has 3 N–H and O–H groups in total. The van der Waals surface area contributed by atoms with Crippen LogP contribution in [0.15, 0.2) is 54.6 Å². The second kappa shape index (κ2) is 5.03. The second-order valence-corrected chi connectivity index (χ2v) is 3.49. The fraction of sp³-hybridized carbons (Fsp3) is 0. The normalized spacial score (nSPS) is 9.65. The molecule has 0 aliphatic heterocycles. The molecule has 0 atom stereocenters. The van der Waals surface area contributed by atoms with Crippen molar-refractivity contribution in [3.63, 3.8) is 0 Å². The number of amides is 2. The van der Waals surface area contributed by atoms with E-state index in [9.17, 15) is 4.79 Å². The van der Waals surface area contributed by atoms with Crippen LogP contribution in [0.3, 0.4) is 0 Å². The van der Waals surface area contributed by atoms with Gasteiger partial charge in [-0.25, -0.2) is 4.79 Å². The number of carbonyl (C=O) groups is 1. The van der Waals surface area contributed by atoms with Crippen molar-refractivity contribution in [3.8, 4) is 5.75 Å². The van der Waals surface area contributed by atoms with Gasteiger partial charge < -0.3 is 15.7 Å². The van der Waals surface area contributed by atoms with Gasteiger partial charge in [0.05, 0.1) is 0 Å². The summed E-state index contributed by atoms with van der Waals surface area (Å²) in [6.07, 6.45) is 0. The van der Waals surface area contributed by atoms with Gasteiger partial charge in [-0.3, -0.25) is 0 Å². The molecule has 0 unspecified atom stereocenters. The first-order chi connectivity index (χ1) is 8.24. The third-order valence-electron chi connectivity index (χ3n) is 2.16. The third-order valence-corrected chi connectivity index (χ3v) is 2.16. The highest BCUT2D eigenvalue weighted by Gasteiger charge is 2.01. The third kappa shape index (κ3) is 3.24. The highest BCUT2D eigenvalue weighted by atomic mass is 16.3. The number of nitrogens with one attached hydrogen (secondary N) is 2. The highest BCUT2D eigenvalue weighted by molar-refractivity contribution is 5.99. The molecule has 2 amide bonds. The van der Waals surface area contributed by atoms with E-state index in [1.165, 1.54) is 12.1 Å². The van der Waals surface area contributed by atoms with Crippen molar-refractivity contribution in [2.45, 2.75) is 0 Å². The quantitative estimate of drug-likeness (QED) is 0.690. The molecule has 2 aromatic rings. The topological polar surface area (TPSA) is 61.4 Å². The van der Waals surface area contributed by atoms with Crippen molar-refractivity contribution in [2.75, 3.05) is 10.6 Å². The Bertz CT molecular complexity index is 495. The summed E-state index contributed by atoms with van der Waals surface area (Å²) in [5, 5.41) is 14.4. The maximum atomic E-state index is 11.6. The Morgan fingerprint density at radius 3 is 1.94 bits per heavy atom. The van der Waals surface area contributed by atoms with Crippen LogP contribution in [0.4, 0.5) is 16.2 Å². The Kier molecular flexibility index (Phi) is 3.25. The van der Waals surface area contributed by atoms with Crippen LogP contribution in [0.2, 0.25) is 0 Å². The minimum absolute atomic E-state index is 0.166. The average molecular weight is 227 g/mol. The van der Waals surface area contributed by atoms with E-state index < -0.39 is 0 Å². The first-order valence-corrected chi connectivity index (χ1v) is 5.16. The summed E-state index contributed by atoms with van der Waals surface area (Å²) in [4.78, 5) is 11.6. The molecule has 0 saturated carbocycles. The first kappa shape index (κ1) is 11.0. The Morgan fingerprint density at radius 1 is 0.824 bits per heavy atom. The Balaban J connectivity index is 1.96. The van der Waals surface area contributed by atoms with Gasteiger partial charge in [-0.05, 0) is 36.4 Å². The number of phenolic OH excluding ortho intramolecular Hbond substituents is 1. The van der Waals surface area contributed by atoms with Gasteiger partial charge in [0.2, 0.25) is 0 Å². The zero-order valence-corrected chi connectivity index (χ0v) is 9.05. The molecular weight excluding hydrogens is 215 g/mol. The predicted molar refractivity (Wildman–Crippen MR) is 67.2 cm³/mol. The fourth-order valence-electron chi connectivity index (χ4n) is 1.36. The second-order valence-electron chi connectivity index (χ2n) is 3.49. The number of aromatic hydroxyl groups is 1. The van der Waals surface area contributed by atoms with Crippen molar-refractivity contribution < 1.29 is 9.90 Å². The van der Waals surface area contributed by atoms with Gasteiger partial charge in [0.25, 0.3) is 0 Å². The summed E-state index contributed by atoms with van der Waals surface area (Å²) in [7, 11) is 0. The van der Waals surface area contributed by atoms with Gasteiger partial charge in [0, 0.05) is 11.4 Å². The molecule has 4 heteroatoms. The van der Waals surface area contributed by atoms with E-state index in [4.69, 9.17) is 5.11 Å². The van der Waals surface area contributed by atoms with Crippen molar-refractivity contribution in [1.82, 2.24) is 0 Å². The number of anilines is 2. The largest absolute Gasteiger partial charge is 0.508 e. The number of rotatable bonds is 2. The van der Waals surface area contributed by atoms with Crippen LogP contribution in [-0.4, -0.2) is 11.1 Å². The molecule has 0 fully saturated rings. The lowest BCUT2D eigenvalue weighted by Crippen LogP contribution is -2.19. The number of hydrogen-bond acceptors (Lipinski definition) is 2. The minimum Gasteiger partial charge on any atom is -0.508 e. The van der Waals surface area contributed by atoms with Crippen LogP contribution >= 0.6 is 0 Å². The Hall–Kier alpha value is -2.49. The van der Waals surface area contributed by atoms with Crippen molar-refractivity contribution >= 4 is 17.4 Å². The number of phenols is 1. The Morgan fingerprint density at radius 2 is 1.35 bits per heavy atom. The van der Waals surface area contributed by atoms with E-state index >= 15 is 0 Å². The zero-order valence-electron chi connectivity index (χ0n) is 9.05. The van der Waals surface area contributed by atoms with Gasteiger partial charge in [-0.15, -0.1) is 0 Å². The molecule has 0 spiro atoms. The molecule has 4 nitrogen and oxygen atoms in total. The van der Waals surface area contributed by atoms with Gasteiger partial charge >= 0.3 is 6.03 Å². The van der Waals surface area contributed by atoms with Crippen LogP contribution in [0.25, 0.3) is 0 Å². The minimum atomic E-state index is -0.318. The van der Waals surface area contributed by atoms with Gasteiger partial charge in [0.15, 0.2) is 0 Å². The smallest absolute Gasteiger partial charge is 0.323 e. The number of hydrogen-bond donors (Lipinski definition) is 3. The molecule has 17 heavy (non-hydrogen) atoms. The molecule has 0 saturated heterocycles. The summed E-state index contributed by atoms with van der Waals surface area (Å²) in [5.74, 6) is 0.166. The van der Waals surface area contributed by atoms with Crippen LogP contribution in [0, 0.1) is 0 Å². The van der Waals surface area contributed by atoms with Crippen LogP contribution < -0.4 is 10.6 Å². The summed E-state index contributed by atoms with van der Waals surface area (Å²) in [6, 6.07) is 15.1. The molecule has 0 radical (unpaired) electrons. The monoisotopic (exact) mass is 227 g/mol. The van der Waals surface area contributed by atoms with E-state index in [2.05, 4.69) is 10.6 Å². The van der Waals surface area contributed by atoms with E-state index in [-0.39, 0.29) is 11.8 Å². The van der Waals surface area contributed by atoms with Crippen LogP contribution in [0.5, 0.6) is 5.75 Å². The summed E-state index contributed by atoms with van der Waals surface area (Å²) < 4.78 is 0. The summed E-state index contributed by atoms with van der Waals surface area (Å²) in [5.41, 5.74) is 1.35. The lowest BCUT2D eigenvalue weighted by Gasteiger charge is -2.07.